The predicted octanol–water partition coefficient (Wildman–Crippen LogP) is 6.52. The maximum Gasteiger partial charge on any atom is 0.119 e. The third-order valence-corrected chi connectivity index (χ3v) is 5.62. The van der Waals surface area contributed by atoms with Crippen LogP contribution in [-0.2, 0) is 13.2 Å². The standard InChI is InChI=1S/C25H27ClN2O/c26-24-17-22(11-14-25(24)28-15-5-2-6-16-28)27-18-20-9-12-23(13-10-20)29-19-21-7-3-1-4-8-21/h1,3-4,7-14,17,27H,2,5-6,15-16,18-19H2. The molecule has 1 aliphatic heterocycles. The average Bonchev–Trinajstić information content (AvgIpc) is 2.78. The highest BCUT2D eigenvalue weighted by Gasteiger charge is 2.14. The highest BCUT2D eigenvalue weighted by molar-refractivity contribution is 6.33. The van der Waals surface area contributed by atoms with E-state index in [0.29, 0.717) is 6.61 Å². The van der Waals surface area contributed by atoms with Gasteiger partial charge in [-0.2, -0.15) is 0 Å². The molecule has 0 spiro atoms. The van der Waals surface area contributed by atoms with E-state index in [-0.39, 0.29) is 0 Å². The van der Waals surface area contributed by atoms with Crippen molar-refractivity contribution in [1.29, 1.82) is 0 Å². The number of hydrogen-bond donors (Lipinski definition) is 1. The molecule has 1 aliphatic rings. The third-order valence-electron chi connectivity index (χ3n) is 5.31. The number of nitrogens with one attached hydrogen (secondary N) is 1. The summed E-state index contributed by atoms with van der Waals surface area (Å²) in [7, 11) is 0. The van der Waals surface area contributed by atoms with Crippen LogP contribution in [0.1, 0.15) is 30.4 Å². The van der Waals surface area contributed by atoms with Gasteiger partial charge in [0.1, 0.15) is 12.4 Å². The van der Waals surface area contributed by atoms with E-state index in [0.717, 1.165) is 41.8 Å². The van der Waals surface area contributed by atoms with Gasteiger partial charge in [-0.15, -0.1) is 0 Å². The van der Waals surface area contributed by atoms with E-state index in [1.165, 1.54) is 30.4 Å². The summed E-state index contributed by atoms with van der Waals surface area (Å²) < 4.78 is 5.85. The van der Waals surface area contributed by atoms with Crippen LogP contribution in [0.15, 0.2) is 72.8 Å². The summed E-state index contributed by atoms with van der Waals surface area (Å²) in [5.74, 6) is 0.881. The highest BCUT2D eigenvalue weighted by Crippen LogP contribution is 2.31. The molecule has 1 N–H and O–H groups in total. The van der Waals surface area contributed by atoms with Crippen LogP contribution in [-0.4, -0.2) is 13.1 Å². The average molecular weight is 407 g/mol. The summed E-state index contributed by atoms with van der Waals surface area (Å²) in [6.07, 6.45) is 3.83. The monoisotopic (exact) mass is 406 g/mol. The molecule has 0 saturated carbocycles. The molecular formula is C25H27ClN2O. The summed E-state index contributed by atoms with van der Waals surface area (Å²) in [6, 6.07) is 24.7. The minimum absolute atomic E-state index is 0.584. The molecule has 150 valence electrons. The molecular weight excluding hydrogens is 380 g/mol. The molecule has 3 aromatic rings. The van der Waals surface area contributed by atoms with Crippen molar-refractivity contribution in [2.75, 3.05) is 23.3 Å². The van der Waals surface area contributed by atoms with Crippen molar-refractivity contribution >= 4 is 23.0 Å². The van der Waals surface area contributed by atoms with Crippen LogP contribution in [0.25, 0.3) is 0 Å². The Hall–Kier alpha value is -2.65. The number of hydrogen-bond acceptors (Lipinski definition) is 3. The van der Waals surface area contributed by atoms with Crippen molar-refractivity contribution in [2.45, 2.75) is 32.4 Å². The Kier molecular flexibility index (Phi) is 6.58. The summed E-state index contributed by atoms with van der Waals surface area (Å²) in [5.41, 5.74) is 4.56. The summed E-state index contributed by atoms with van der Waals surface area (Å²) >= 11 is 6.55. The van der Waals surface area contributed by atoms with Gasteiger partial charge in [0, 0.05) is 25.3 Å². The van der Waals surface area contributed by atoms with Crippen LogP contribution in [0.2, 0.25) is 5.02 Å². The van der Waals surface area contributed by atoms with Gasteiger partial charge in [0.05, 0.1) is 10.7 Å². The first kappa shape index (κ1) is 19.7. The Labute approximate surface area is 178 Å². The fourth-order valence-corrected chi connectivity index (χ4v) is 3.96. The van der Waals surface area contributed by atoms with Gasteiger partial charge in [-0.3, -0.25) is 0 Å². The molecule has 29 heavy (non-hydrogen) atoms. The number of ether oxygens (including phenoxy) is 1. The zero-order valence-electron chi connectivity index (χ0n) is 16.6. The van der Waals surface area contributed by atoms with Crippen molar-refractivity contribution in [3.63, 3.8) is 0 Å². The van der Waals surface area contributed by atoms with Crippen molar-refractivity contribution < 1.29 is 4.74 Å². The van der Waals surface area contributed by atoms with Gasteiger partial charge in [0.15, 0.2) is 0 Å². The van der Waals surface area contributed by atoms with Gasteiger partial charge in [0.25, 0.3) is 0 Å². The Morgan fingerprint density at radius 2 is 1.59 bits per heavy atom. The largest absolute Gasteiger partial charge is 0.489 e. The first-order valence-electron chi connectivity index (χ1n) is 10.3. The normalized spacial score (nSPS) is 13.9. The van der Waals surface area contributed by atoms with Gasteiger partial charge in [-0.05, 0) is 60.7 Å². The minimum atomic E-state index is 0.584. The Bertz CT molecular complexity index is 906. The second kappa shape index (κ2) is 9.71. The fraction of sp³-hybridized carbons (Fsp3) is 0.280. The maximum atomic E-state index is 6.55. The first-order chi connectivity index (χ1) is 14.3. The van der Waals surface area contributed by atoms with Crippen LogP contribution >= 0.6 is 11.6 Å². The van der Waals surface area contributed by atoms with E-state index in [1.807, 2.05) is 36.4 Å². The number of rotatable bonds is 7. The molecule has 3 nitrogen and oxygen atoms in total. The fourth-order valence-electron chi connectivity index (χ4n) is 3.66. The summed E-state index contributed by atoms with van der Waals surface area (Å²) in [6.45, 7) is 3.54. The Morgan fingerprint density at radius 1 is 0.828 bits per heavy atom. The van der Waals surface area contributed by atoms with E-state index in [2.05, 4.69) is 46.6 Å². The van der Waals surface area contributed by atoms with E-state index in [4.69, 9.17) is 16.3 Å². The molecule has 0 unspecified atom stereocenters. The molecule has 0 radical (unpaired) electrons. The third kappa shape index (κ3) is 5.45. The highest BCUT2D eigenvalue weighted by atomic mass is 35.5. The lowest BCUT2D eigenvalue weighted by molar-refractivity contribution is 0.306. The second-order valence-corrected chi connectivity index (χ2v) is 7.89. The minimum Gasteiger partial charge on any atom is -0.489 e. The molecule has 4 heteroatoms. The Balaban J connectivity index is 1.30. The van der Waals surface area contributed by atoms with Gasteiger partial charge < -0.3 is 15.0 Å². The lowest BCUT2D eigenvalue weighted by Gasteiger charge is -2.29. The predicted molar refractivity (Wildman–Crippen MR) is 122 cm³/mol. The zero-order chi connectivity index (χ0) is 19.9. The van der Waals surface area contributed by atoms with Gasteiger partial charge in [-0.1, -0.05) is 54.1 Å². The number of nitrogens with zero attached hydrogens (tertiary/aromatic N) is 1. The van der Waals surface area contributed by atoms with Crippen molar-refractivity contribution in [3.8, 4) is 5.75 Å². The second-order valence-electron chi connectivity index (χ2n) is 7.49. The van der Waals surface area contributed by atoms with Crippen LogP contribution < -0.4 is 15.0 Å². The molecule has 0 aliphatic carbocycles. The summed E-state index contributed by atoms with van der Waals surface area (Å²) in [4.78, 5) is 2.39. The molecule has 3 aromatic carbocycles. The van der Waals surface area contributed by atoms with Gasteiger partial charge in [-0.25, -0.2) is 0 Å². The molecule has 1 fully saturated rings. The molecule has 1 heterocycles. The van der Waals surface area contributed by atoms with Crippen LogP contribution in [0.5, 0.6) is 5.75 Å². The van der Waals surface area contributed by atoms with Gasteiger partial charge in [0.2, 0.25) is 0 Å². The van der Waals surface area contributed by atoms with Crippen molar-refractivity contribution in [3.05, 3.63) is 88.9 Å². The lowest BCUT2D eigenvalue weighted by atomic mass is 10.1. The molecule has 0 atom stereocenters. The quantitative estimate of drug-likeness (QED) is 0.483. The first-order valence-corrected chi connectivity index (χ1v) is 10.7. The van der Waals surface area contributed by atoms with Gasteiger partial charge >= 0.3 is 0 Å². The number of halogens is 1. The number of anilines is 2. The molecule has 0 bridgehead atoms. The van der Waals surface area contributed by atoms with Crippen molar-refractivity contribution in [1.82, 2.24) is 0 Å². The molecule has 1 saturated heterocycles. The van der Waals surface area contributed by atoms with E-state index < -0.39 is 0 Å². The van der Waals surface area contributed by atoms with Crippen LogP contribution in [0.3, 0.4) is 0 Å². The SMILES string of the molecule is Clc1cc(NCc2ccc(OCc3ccccc3)cc2)ccc1N1CCCCC1. The zero-order valence-corrected chi connectivity index (χ0v) is 17.4. The smallest absolute Gasteiger partial charge is 0.119 e. The van der Waals surface area contributed by atoms with Crippen molar-refractivity contribution in [2.24, 2.45) is 0 Å². The molecule has 4 rings (SSSR count). The van der Waals surface area contributed by atoms with E-state index in [9.17, 15) is 0 Å². The van der Waals surface area contributed by atoms with E-state index >= 15 is 0 Å². The molecule has 0 amide bonds. The topological polar surface area (TPSA) is 24.5 Å². The van der Waals surface area contributed by atoms with Crippen LogP contribution in [0, 0.1) is 0 Å². The van der Waals surface area contributed by atoms with E-state index in [1.54, 1.807) is 0 Å². The van der Waals surface area contributed by atoms with Crippen LogP contribution in [0.4, 0.5) is 11.4 Å². The number of piperidine rings is 1. The number of benzene rings is 3. The maximum absolute atomic E-state index is 6.55. The molecule has 0 aromatic heterocycles. The lowest BCUT2D eigenvalue weighted by Crippen LogP contribution is -2.29. The summed E-state index contributed by atoms with van der Waals surface area (Å²) in [5, 5.41) is 4.29. The Morgan fingerprint density at radius 3 is 2.31 bits per heavy atom.